The minimum Gasteiger partial charge on any atom is -0.483 e. The van der Waals surface area contributed by atoms with Crippen LogP contribution in [0.2, 0.25) is 5.02 Å². The lowest BCUT2D eigenvalue weighted by atomic mass is 9.86. The molecule has 0 aliphatic carbocycles. The topological polar surface area (TPSA) is 50.7 Å². The molecule has 0 aromatic heterocycles. The lowest BCUT2D eigenvalue weighted by molar-refractivity contribution is -0.123. The minimum atomic E-state index is -0.308. The molecule has 138 valence electrons. The van der Waals surface area contributed by atoms with E-state index in [-0.39, 0.29) is 17.9 Å². The van der Waals surface area contributed by atoms with Crippen LogP contribution in [0, 0.1) is 6.92 Å². The van der Waals surface area contributed by atoms with Crippen molar-refractivity contribution in [1.82, 2.24) is 5.43 Å². The van der Waals surface area contributed by atoms with E-state index in [1.54, 1.807) is 12.1 Å². The van der Waals surface area contributed by atoms with Crippen LogP contribution in [0.5, 0.6) is 5.75 Å². The Bertz CT molecular complexity index is 806. The molecule has 2 aromatic rings. The number of benzene rings is 2. The van der Waals surface area contributed by atoms with Crippen LogP contribution in [0.25, 0.3) is 0 Å². The van der Waals surface area contributed by atoms with Crippen LogP contribution in [0.15, 0.2) is 47.6 Å². The molecule has 0 atom stereocenters. The highest BCUT2D eigenvalue weighted by Gasteiger charge is 2.15. The van der Waals surface area contributed by atoms with E-state index in [0.29, 0.717) is 16.5 Å². The molecule has 2 rings (SSSR count). The number of aryl methyl sites for hydroxylation is 1. The lowest BCUT2D eigenvalue weighted by Gasteiger charge is -2.20. The van der Waals surface area contributed by atoms with E-state index in [0.717, 1.165) is 11.1 Å². The molecule has 0 spiro atoms. The first-order valence-electron chi connectivity index (χ1n) is 8.50. The quantitative estimate of drug-likeness (QED) is 0.601. The van der Waals surface area contributed by atoms with Gasteiger partial charge in [-0.25, -0.2) is 5.43 Å². The minimum absolute atomic E-state index is 0.0779. The number of carbonyl (C=O) groups excluding carboxylic acids is 1. The van der Waals surface area contributed by atoms with Gasteiger partial charge in [0.1, 0.15) is 5.75 Å². The van der Waals surface area contributed by atoms with Crippen LogP contribution in [-0.4, -0.2) is 18.2 Å². The van der Waals surface area contributed by atoms with Crippen molar-refractivity contribution in [2.75, 3.05) is 6.61 Å². The van der Waals surface area contributed by atoms with Gasteiger partial charge in [-0.2, -0.15) is 5.10 Å². The van der Waals surface area contributed by atoms with E-state index in [1.807, 2.05) is 38.1 Å². The third-order valence-electron chi connectivity index (χ3n) is 4.01. The molecule has 0 saturated heterocycles. The van der Waals surface area contributed by atoms with E-state index in [9.17, 15) is 4.79 Å². The average molecular weight is 373 g/mol. The maximum atomic E-state index is 12.0. The zero-order valence-electron chi connectivity index (χ0n) is 15.9. The predicted octanol–water partition coefficient (Wildman–Crippen LogP) is 4.87. The van der Waals surface area contributed by atoms with Gasteiger partial charge in [0.15, 0.2) is 6.61 Å². The van der Waals surface area contributed by atoms with E-state index in [1.165, 1.54) is 5.56 Å². The maximum Gasteiger partial charge on any atom is 0.277 e. The van der Waals surface area contributed by atoms with E-state index in [2.05, 4.69) is 37.4 Å². The van der Waals surface area contributed by atoms with Crippen molar-refractivity contribution in [3.8, 4) is 5.75 Å². The lowest BCUT2D eigenvalue weighted by Crippen LogP contribution is -2.25. The highest BCUT2D eigenvalue weighted by molar-refractivity contribution is 6.30. The standard InChI is InChI=1S/C21H25ClN2O2/c1-14-12-17(21(3,4)5)8-11-19(14)26-13-20(25)24-23-15(2)16-6-9-18(22)10-7-16/h6-12H,13H2,1-5H3,(H,24,25)/b23-15+. The average Bonchev–Trinajstić information content (AvgIpc) is 2.58. The van der Waals surface area contributed by atoms with Crippen LogP contribution in [0.3, 0.4) is 0 Å². The van der Waals surface area contributed by atoms with Crippen molar-refractivity contribution >= 4 is 23.2 Å². The van der Waals surface area contributed by atoms with Crippen molar-refractivity contribution in [3.63, 3.8) is 0 Å². The Morgan fingerprint density at radius 3 is 2.38 bits per heavy atom. The van der Waals surface area contributed by atoms with Gasteiger partial charge in [-0.05, 0) is 54.2 Å². The molecular weight excluding hydrogens is 348 g/mol. The van der Waals surface area contributed by atoms with Gasteiger partial charge in [-0.15, -0.1) is 0 Å². The van der Waals surface area contributed by atoms with Gasteiger partial charge in [-0.1, -0.05) is 56.6 Å². The third kappa shape index (κ3) is 5.60. The molecule has 0 aliphatic heterocycles. The zero-order chi connectivity index (χ0) is 19.3. The summed E-state index contributed by atoms with van der Waals surface area (Å²) >= 11 is 5.86. The number of ether oxygens (including phenoxy) is 1. The number of amides is 1. The first kappa shape index (κ1) is 20.0. The number of rotatable bonds is 5. The van der Waals surface area contributed by atoms with Crippen molar-refractivity contribution in [1.29, 1.82) is 0 Å². The summed E-state index contributed by atoms with van der Waals surface area (Å²) in [7, 11) is 0. The van der Waals surface area contributed by atoms with E-state index >= 15 is 0 Å². The fourth-order valence-electron chi connectivity index (χ4n) is 2.36. The van der Waals surface area contributed by atoms with Crippen LogP contribution in [0.1, 0.15) is 44.4 Å². The molecule has 4 nitrogen and oxygen atoms in total. The summed E-state index contributed by atoms with van der Waals surface area (Å²) in [6.45, 7) is 10.2. The number of carbonyl (C=O) groups is 1. The molecule has 0 radical (unpaired) electrons. The molecule has 0 fully saturated rings. The normalized spacial score (nSPS) is 12.0. The van der Waals surface area contributed by atoms with Crippen LogP contribution >= 0.6 is 11.6 Å². The monoisotopic (exact) mass is 372 g/mol. The summed E-state index contributed by atoms with van der Waals surface area (Å²) in [5, 5.41) is 4.76. The SMILES string of the molecule is C/C(=N\NC(=O)COc1ccc(C(C)(C)C)cc1C)c1ccc(Cl)cc1. The number of hydrogen-bond donors (Lipinski definition) is 1. The summed E-state index contributed by atoms with van der Waals surface area (Å²) in [5.74, 6) is 0.393. The van der Waals surface area contributed by atoms with Crippen LogP contribution in [0.4, 0.5) is 0 Å². The molecule has 5 heteroatoms. The summed E-state index contributed by atoms with van der Waals surface area (Å²) in [6, 6.07) is 13.3. The fourth-order valence-corrected chi connectivity index (χ4v) is 2.48. The molecule has 1 amide bonds. The number of nitrogens with one attached hydrogen (secondary N) is 1. The second-order valence-corrected chi connectivity index (χ2v) is 7.69. The Morgan fingerprint density at radius 2 is 1.81 bits per heavy atom. The fraction of sp³-hybridized carbons (Fsp3) is 0.333. The molecule has 0 heterocycles. The van der Waals surface area contributed by atoms with Gasteiger partial charge in [-0.3, -0.25) is 4.79 Å². The Kier molecular flexibility index (Phi) is 6.43. The summed E-state index contributed by atoms with van der Waals surface area (Å²) < 4.78 is 5.62. The van der Waals surface area contributed by atoms with Crippen molar-refractivity contribution in [2.24, 2.45) is 5.10 Å². The van der Waals surface area contributed by atoms with Gasteiger partial charge in [0, 0.05) is 5.02 Å². The highest BCUT2D eigenvalue weighted by atomic mass is 35.5. The molecule has 26 heavy (non-hydrogen) atoms. The third-order valence-corrected chi connectivity index (χ3v) is 4.26. The summed E-state index contributed by atoms with van der Waals surface area (Å²) in [6.07, 6.45) is 0. The van der Waals surface area contributed by atoms with Crippen LogP contribution in [-0.2, 0) is 10.2 Å². The number of nitrogens with zero attached hydrogens (tertiary/aromatic N) is 1. The Hall–Kier alpha value is -2.33. The first-order chi connectivity index (χ1) is 12.2. The van der Waals surface area contributed by atoms with Crippen molar-refractivity contribution in [2.45, 2.75) is 40.0 Å². The second kappa shape index (κ2) is 8.37. The molecule has 0 bridgehead atoms. The smallest absolute Gasteiger partial charge is 0.277 e. The van der Waals surface area contributed by atoms with E-state index < -0.39 is 0 Å². The second-order valence-electron chi connectivity index (χ2n) is 7.26. The Morgan fingerprint density at radius 1 is 1.15 bits per heavy atom. The van der Waals surface area contributed by atoms with Gasteiger partial charge < -0.3 is 4.74 Å². The molecule has 1 N–H and O–H groups in total. The Balaban J connectivity index is 1.92. The number of hydrazone groups is 1. The summed E-state index contributed by atoms with van der Waals surface area (Å²) in [4.78, 5) is 12.0. The molecule has 0 unspecified atom stereocenters. The number of hydrogen-bond acceptors (Lipinski definition) is 3. The molecule has 0 aliphatic rings. The van der Waals surface area contributed by atoms with Gasteiger partial charge in [0.2, 0.25) is 0 Å². The largest absolute Gasteiger partial charge is 0.483 e. The zero-order valence-corrected chi connectivity index (χ0v) is 16.6. The number of halogens is 1. The predicted molar refractivity (Wildman–Crippen MR) is 107 cm³/mol. The van der Waals surface area contributed by atoms with E-state index in [4.69, 9.17) is 16.3 Å². The van der Waals surface area contributed by atoms with Crippen molar-refractivity contribution < 1.29 is 9.53 Å². The van der Waals surface area contributed by atoms with Gasteiger partial charge in [0.05, 0.1) is 5.71 Å². The van der Waals surface area contributed by atoms with Gasteiger partial charge in [0.25, 0.3) is 5.91 Å². The molecule has 0 saturated carbocycles. The molecular formula is C21H25ClN2O2. The van der Waals surface area contributed by atoms with Gasteiger partial charge >= 0.3 is 0 Å². The molecule has 2 aromatic carbocycles. The first-order valence-corrected chi connectivity index (χ1v) is 8.87. The van der Waals surface area contributed by atoms with Crippen LogP contribution < -0.4 is 10.2 Å². The highest BCUT2D eigenvalue weighted by Crippen LogP contribution is 2.27. The maximum absolute atomic E-state index is 12.0. The van der Waals surface area contributed by atoms with Crippen molar-refractivity contribution in [3.05, 3.63) is 64.2 Å². The Labute approximate surface area is 160 Å². The summed E-state index contributed by atoms with van der Waals surface area (Å²) in [5.41, 5.74) is 6.41.